The summed E-state index contributed by atoms with van der Waals surface area (Å²) in [6.07, 6.45) is 2.98. The summed E-state index contributed by atoms with van der Waals surface area (Å²) in [5.74, 6) is -1.88. The van der Waals surface area contributed by atoms with Gasteiger partial charge in [-0.3, -0.25) is 14.5 Å². The van der Waals surface area contributed by atoms with Gasteiger partial charge in [0.2, 0.25) is 11.8 Å². The smallest absolute Gasteiger partial charge is 0.334 e. The molecule has 1 unspecified atom stereocenters. The van der Waals surface area contributed by atoms with Crippen molar-refractivity contribution in [1.82, 2.24) is 9.80 Å². The fraction of sp³-hybridized carbons (Fsp3) is 0.474. The molecule has 2 aliphatic rings. The van der Waals surface area contributed by atoms with Gasteiger partial charge in [0.15, 0.2) is 0 Å². The lowest BCUT2D eigenvalue weighted by atomic mass is 10.0. The molecule has 0 radical (unpaired) electrons. The molecule has 1 atom stereocenters. The first-order chi connectivity index (χ1) is 12.9. The minimum absolute atomic E-state index is 0.0913. The Bertz CT molecular complexity index is 758. The topological polar surface area (TPSA) is 84.0 Å². The average molecular weight is 393 g/mol. The van der Waals surface area contributed by atoms with E-state index in [1.54, 1.807) is 24.3 Å². The van der Waals surface area contributed by atoms with Gasteiger partial charge in [-0.15, -0.1) is 0 Å². The molecule has 0 N–H and O–H groups in total. The van der Waals surface area contributed by atoms with Crippen LogP contribution in [0.5, 0.6) is 0 Å². The van der Waals surface area contributed by atoms with E-state index in [1.807, 2.05) is 0 Å². The zero-order valence-corrected chi connectivity index (χ0v) is 15.8. The number of urea groups is 1. The van der Waals surface area contributed by atoms with Gasteiger partial charge >= 0.3 is 12.0 Å². The molecule has 1 aromatic carbocycles. The van der Waals surface area contributed by atoms with E-state index in [0.29, 0.717) is 5.02 Å². The number of imide groups is 2. The fourth-order valence-corrected chi connectivity index (χ4v) is 3.84. The average Bonchev–Trinajstić information content (AvgIpc) is 3.15. The highest BCUT2D eigenvalue weighted by Crippen LogP contribution is 2.29. The molecule has 1 heterocycles. The third-order valence-corrected chi connectivity index (χ3v) is 5.32. The summed E-state index contributed by atoms with van der Waals surface area (Å²) in [5, 5.41) is 0.538. The minimum Gasteiger partial charge on any atom is -0.467 e. The van der Waals surface area contributed by atoms with Crippen LogP contribution in [0.2, 0.25) is 5.02 Å². The van der Waals surface area contributed by atoms with E-state index in [9.17, 15) is 19.2 Å². The summed E-state index contributed by atoms with van der Waals surface area (Å²) >= 11 is 5.89. The van der Waals surface area contributed by atoms with Crippen LogP contribution in [0.4, 0.5) is 4.79 Å². The van der Waals surface area contributed by atoms with Crippen molar-refractivity contribution in [3.63, 3.8) is 0 Å². The maximum Gasteiger partial charge on any atom is 0.334 e. The first kappa shape index (κ1) is 19.4. The van der Waals surface area contributed by atoms with E-state index < -0.39 is 36.3 Å². The predicted molar refractivity (Wildman–Crippen MR) is 96.9 cm³/mol. The Morgan fingerprint density at radius 3 is 2.37 bits per heavy atom. The van der Waals surface area contributed by atoms with Gasteiger partial charge in [0.25, 0.3) is 0 Å². The van der Waals surface area contributed by atoms with Crippen LogP contribution in [0.3, 0.4) is 0 Å². The van der Waals surface area contributed by atoms with Crippen molar-refractivity contribution < 1.29 is 23.9 Å². The quantitative estimate of drug-likeness (QED) is 0.568. The number of halogens is 1. The first-order valence-electron chi connectivity index (χ1n) is 8.92. The number of ether oxygens (including phenoxy) is 1. The van der Waals surface area contributed by atoms with Gasteiger partial charge in [0.05, 0.1) is 7.11 Å². The van der Waals surface area contributed by atoms with Crippen LogP contribution in [-0.2, 0) is 25.5 Å². The van der Waals surface area contributed by atoms with Crippen LogP contribution >= 0.6 is 11.6 Å². The number of rotatable bonds is 5. The molecule has 8 heteroatoms. The van der Waals surface area contributed by atoms with Crippen LogP contribution in [-0.4, -0.2) is 52.8 Å². The Labute approximate surface area is 162 Å². The molecular formula is C19H21ClN2O5. The highest BCUT2D eigenvalue weighted by molar-refractivity contribution is 6.30. The van der Waals surface area contributed by atoms with Crippen LogP contribution < -0.4 is 0 Å². The van der Waals surface area contributed by atoms with E-state index in [4.69, 9.17) is 16.3 Å². The first-order valence-corrected chi connectivity index (χ1v) is 9.30. The lowest BCUT2D eigenvalue weighted by Gasteiger charge is -2.38. The summed E-state index contributed by atoms with van der Waals surface area (Å²) in [6, 6.07) is 4.70. The third kappa shape index (κ3) is 3.98. The van der Waals surface area contributed by atoms with Crippen LogP contribution in [0.25, 0.3) is 0 Å². The molecule has 3 rings (SSSR count). The number of benzene rings is 1. The highest BCUT2D eigenvalue weighted by atomic mass is 35.5. The second-order valence-corrected chi connectivity index (χ2v) is 7.23. The molecule has 1 aromatic rings. The maximum atomic E-state index is 13.0. The number of amides is 4. The molecule has 2 fully saturated rings. The van der Waals surface area contributed by atoms with Gasteiger partial charge in [-0.1, -0.05) is 36.6 Å². The van der Waals surface area contributed by atoms with E-state index in [-0.39, 0.29) is 12.5 Å². The molecule has 1 saturated carbocycles. The van der Waals surface area contributed by atoms with Gasteiger partial charge < -0.3 is 4.74 Å². The molecule has 27 heavy (non-hydrogen) atoms. The number of methoxy groups -OCH3 is 1. The lowest BCUT2D eigenvalue weighted by Crippen LogP contribution is -2.62. The number of hydrogen-bond acceptors (Lipinski definition) is 5. The van der Waals surface area contributed by atoms with Crippen molar-refractivity contribution in [2.45, 2.75) is 50.6 Å². The van der Waals surface area contributed by atoms with Crippen LogP contribution in [0.1, 0.15) is 37.7 Å². The number of esters is 1. The molecule has 0 aromatic heterocycles. The largest absolute Gasteiger partial charge is 0.467 e. The second kappa shape index (κ2) is 8.08. The van der Waals surface area contributed by atoms with Crippen molar-refractivity contribution in [3.8, 4) is 0 Å². The number of barbiturate groups is 1. The number of nitrogens with zero attached hydrogens (tertiary/aromatic N) is 2. The molecule has 1 aliphatic heterocycles. The van der Waals surface area contributed by atoms with Crippen molar-refractivity contribution in [2.24, 2.45) is 0 Å². The molecule has 0 bridgehead atoms. The normalized spacial score (nSPS) is 19.6. The van der Waals surface area contributed by atoms with Gasteiger partial charge in [-0.05, 0) is 30.5 Å². The minimum atomic E-state index is -1.13. The van der Waals surface area contributed by atoms with E-state index in [2.05, 4.69) is 0 Å². The standard InChI is InChI=1S/C19H21ClN2O5/c1-27-18(25)15(10-12-6-8-13(20)9-7-12)22-17(24)11-16(23)21(19(22)26)14-4-2-3-5-14/h6-9,14-15H,2-5,10-11H2,1H3. The Hall–Kier alpha value is -2.41. The van der Waals surface area contributed by atoms with E-state index in [1.165, 1.54) is 7.11 Å². The number of carbonyl (C=O) groups excluding carboxylic acids is 4. The van der Waals surface area contributed by atoms with Crippen LogP contribution in [0.15, 0.2) is 24.3 Å². The third-order valence-electron chi connectivity index (χ3n) is 5.07. The van der Waals surface area contributed by atoms with Crippen molar-refractivity contribution in [1.29, 1.82) is 0 Å². The Morgan fingerprint density at radius 2 is 1.78 bits per heavy atom. The van der Waals surface area contributed by atoms with Gasteiger partial charge in [0.1, 0.15) is 12.5 Å². The van der Waals surface area contributed by atoms with Gasteiger partial charge in [-0.2, -0.15) is 0 Å². The zero-order chi connectivity index (χ0) is 19.6. The Kier molecular flexibility index (Phi) is 5.79. The zero-order valence-electron chi connectivity index (χ0n) is 15.0. The number of hydrogen-bond donors (Lipinski definition) is 0. The van der Waals surface area contributed by atoms with Gasteiger partial charge in [0, 0.05) is 17.5 Å². The highest BCUT2D eigenvalue weighted by Gasteiger charge is 2.47. The Balaban J connectivity index is 1.90. The molecular weight excluding hydrogens is 372 g/mol. The fourth-order valence-electron chi connectivity index (χ4n) is 3.72. The molecule has 7 nitrogen and oxygen atoms in total. The van der Waals surface area contributed by atoms with Crippen LogP contribution in [0, 0.1) is 0 Å². The van der Waals surface area contributed by atoms with Gasteiger partial charge in [-0.25, -0.2) is 14.5 Å². The van der Waals surface area contributed by atoms with E-state index in [0.717, 1.165) is 41.0 Å². The maximum absolute atomic E-state index is 13.0. The predicted octanol–water partition coefficient (Wildman–Crippen LogP) is 2.55. The number of carbonyl (C=O) groups is 4. The molecule has 4 amide bonds. The van der Waals surface area contributed by atoms with Crippen molar-refractivity contribution in [3.05, 3.63) is 34.9 Å². The summed E-state index contributed by atoms with van der Waals surface area (Å²) < 4.78 is 4.83. The molecule has 0 spiro atoms. The second-order valence-electron chi connectivity index (χ2n) is 6.79. The summed E-state index contributed by atoms with van der Waals surface area (Å²) in [5.41, 5.74) is 0.722. The molecule has 1 aliphatic carbocycles. The van der Waals surface area contributed by atoms with E-state index >= 15 is 0 Å². The molecule has 1 saturated heterocycles. The SMILES string of the molecule is COC(=O)C(Cc1ccc(Cl)cc1)N1C(=O)CC(=O)N(C2CCCC2)C1=O. The summed E-state index contributed by atoms with van der Waals surface area (Å²) in [4.78, 5) is 52.3. The lowest BCUT2D eigenvalue weighted by molar-refractivity contribution is -0.155. The monoisotopic (exact) mass is 392 g/mol. The summed E-state index contributed by atoms with van der Waals surface area (Å²) in [6.45, 7) is 0. The Morgan fingerprint density at radius 1 is 1.15 bits per heavy atom. The summed E-state index contributed by atoms with van der Waals surface area (Å²) in [7, 11) is 1.20. The van der Waals surface area contributed by atoms with Crippen molar-refractivity contribution >= 4 is 35.4 Å². The molecule has 144 valence electrons. The van der Waals surface area contributed by atoms with Crippen molar-refractivity contribution in [2.75, 3.05) is 7.11 Å².